The Labute approximate surface area is 270 Å². The maximum atomic E-state index is 6.24. The predicted molar refractivity (Wildman–Crippen MR) is 190 cm³/mol. The third-order valence-electron chi connectivity index (χ3n) is 8.56. The number of hydrogen-bond donors (Lipinski definition) is 0. The lowest BCUT2D eigenvalue weighted by molar-refractivity contribution is 0.669. The molecule has 0 aliphatic rings. The number of rotatable bonds is 5. The highest BCUT2D eigenvalue weighted by Gasteiger charge is 2.20. The molecule has 0 unspecified atom stereocenters. The van der Waals surface area contributed by atoms with E-state index >= 15 is 0 Å². The molecule has 0 saturated carbocycles. The van der Waals surface area contributed by atoms with Crippen LogP contribution in [0.3, 0.4) is 0 Å². The van der Waals surface area contributed by atoms with Gasteiger partial charge in [0.2, 0.25) is 0 Å². The Morgan fingerprint density at radius 1 is 0.383 bits per heavy atom. The zero-order valence-corrected chi connectivity index (χ0v) is 25.2. The molecule has 0 fully saturated rings. The summed E-state index contributed by atoms with van der Waals surface area (Å²) in [6.07, 6.45) is 0. The molecule has 0 atom stereocenters. The lowest BCUT2D eigenvalue weighted by Crippen LogP contribution is -2.02. The first-order valence-corrected chi connectivity index (χ1v) is 15.6. The van der Waals surface area contributed by atoms with E-state index in [1.54, 1.807) is 0 Å². The number of aromatic nitrogens is 4. The van der Waals surface area contributed by atoms with E-state index < -0.39 is 0 Å². The van der Waals surface area contributed by atoms with Gasteiger partial charge in [0.25, 0.3) is 0 Å². The van der Waals surface area contributed by atoms with Crippen LogP contribution < -0.4 is 0 Å². The molecule has 47 heavy (non-hydrogen) atoms. The van der Waals surface area contributed by atoms with Gasteiger partial charge in [-0.2, -0.15) is 0 Å². The van der Waals surface area contributed by atoms with Crippen LogP contribution in [0.2, 0.25) is 0 Å². The molecule has 220 valence electrons. The molecule has 0 radical (unpaired) electrons. The molecule has 0 bridgehead atoms. The largest absolute Gasteiger partial charge is 0.456 e. The van der Waals surface area contributed by atoms with Gasteiger partial charge >= 0.3 is 0 Å². The van der Waals surface area contributed by atoms with Crippen molar-refractivity contribution in [1.82, 2.24) is 19.9 Å². The third-order valence-corrected chi connectivity index (χ3v) is 8.56. The summed E-state index contributed by atoms with van der Waals surface area (Å²) in [5, 5.41) is 3.05. The van der Waals surface area contributed by atoms with Crippen LogP contribution in [0.4, 0.5) is 0 Å². The fourth-order valence-corrected chi connectivity index (χ4v) is 6.29. The molecule has 9 aromatic rings. The van der Waals surface area contributed by atoms with E-state index in [4.69, 9.17) is 24.4 Å². The van der Waals surface area contributed by atoms with Crippen LogP contribution in [-0.4, -0.2) is 19.9 Å². The monoisotopic (exact) mass is 602 g/mol. The highest BCUT2D eigenvalue weighted by atomic mass is 16.3. The highest BCUT2D eigenvalue weighted by molar-refractivity contribution is 6.11. The quantitative estimate of drug-likeness (QED) is 0.196. The van der Waals surface area contributed by atoms with Crippen LogP contribution in [0, 0.1) is 0 Å². The van der Waals surface area contributed by atoms with Gasteiger partial charge in [-0.05, 0) is 58.7 Å². The van der Waals surface area contributed by atoms with Gasteiger partial charge in [0.05, 0.1) is 5.52 Å². The number of hydrogen-bond acceptors (Lipinski definition) is 5. The fraction of sp³-hybridized carbons (Fsp3) is 0. The molecule has 0 amide bonds. The molecule has 0 aliphatic carbocycles. The van der Waals surface area contributed by atoms with E-state index in [0.29, 0.717) is 23.2 Å². The van der Waals surface area contributed by atoms with E-state index in [-0.39, 0.29) is 0 Å². The second-order valence-electron chi connectivity index (χ2n) is 11.5. The van der Waals surface area contributed by atoms with Crippen molar-refractivity contribution in [3.05, 3.63) is 158 Å². The lowest BCUT2D eigenvalue weighted by atomic mass is 9.94. The average Bonchev–Trinajstić information content (AvgIpc) is 3.54. The molecule has 3 heterocycles. The number of benzene rings is 6. The highest BCUT2D eigenvalue weighted by Crippen LogP contribution is 2.39. The Kier molecular flexibility index (Phi) is 6.39. The van der Waals surface area contributed by atoms with Crippen LogP contribution in [0.15, 0.2) is 162 Å². The molecule has 3 aromatic heterocycles. The first-order valence-electron chi connectivity index (χ1n) is 15.6. The molecular formula is C42H26N4O. The Morgan fingerprint density at radius 3 is 1.91 bits per heavy atom. The van der Waals surface area contributed by atoms with Crippen molar-refractivity contribution in [2.75, 3.05) is 0 Å². The Hall–Kier alpha value is -6.46. The number of nitrogens with zero attached hydrogens (tertiary/aromatic N) is 4. The maximum absolute atomic E-state index is 6.24. The first kappa shape index (κ1) is 26.9. The first-order chi connectivity index (χ1) is 23.3. The second-order valence-corrected chi connectivity index (χ2v) is 11.5. The van der Waals surface area contributed by atoms with Crippen molar-refractivity contribution in [1.29, 1.82) is 0 Å². The van der Waals surface area contributed by atoms with Gasteiger partial charge < -0.3 is 4.42 Å². The summed E-state index contributed by atoms with van der Waals surface area (Å²) in [5.74, 6) is 1.64. The number of furan rings is 1. The van der Waals surface area contributed by atoms with Crippen molar-refractivity contribution in [2.45, 2.75) is 0 Å². The lowest BCUT2D eigenvalue weighted by Gasteiger charge is -2.14. The summed E-state index contributed by atoms with van der Waals surface area (Å²) in [4.78, 5) is 20.4. The molecule has 9 rings (SSSR count). The Balaban J connectivity index is 1.32. The molecule has 5 heteroatoms. The van der Waals surface area contributed by atoms with Crippen LogP contribution >= 0.6 is 0 Å². The zero-order valence-electron chi connectivity index (χ0n) is 25.2. The number of pyridine rings is 1. The van der Waals surface area contributed by atoms with Crippen molar-refractivity contribution in [2.24, 2.45) is 0 Å². The Bertz CT molecular complexity index is 2580. The molecule has 0 spiro atoms. The van der Waals surface area contributed by atoms with E-state index in [9.17, 15) is 0 Å². The van der Waals surface area contributed by atoms with E-state index in [2.05, 4.69) is 91.0 Å². The van der Waals surface area contributed by atoms with Gasteiger partial charge in [0.15, 0.2) is 17.5 Å². The third kappa shape index (κ3) is 4.82. The van der Waals surface area contributed by atoms with Gasteiger partial charge in [-0.25, -0.2) is 19.9 Å². The minimum Gasteiger partial charge on any atom is -0.456 e. The fourth-order valence-electron chi connectivity index (χ4n) is 6.29. The smallest absolute Gasteiger partial charge is 0.182 e. The minimum absolute atomic E-state index is 0.506. The summed E-state index contributed by atoms with van der Waals surface area (Å²) in [5.41, 5.74) is 9.33. The van der Waals surface area contributed by atoms with Gasteiger partial charge in [-0.15, -0.1) is 0 Å². The number of fused-ring (bicyclic) bond motifs is 4. The summed E-state index contributed by atoms with van der Waals surface area (Å²) in [6, 6.07) is 53.5. The van der Waals surface area contributed by atoms with Gasteiger partial charge in [-0.1, -0.05) is 121 Å². The minimum atomic E-state index is 0.506. The normalized spacial score (nSPS) is 11.4. The van der Waals surface area contributed by atoms with E-state index in [1.807, 2.05) is 66.7 Å². The van der Waals surface area contributed by atoms with E-state index in [1.165, 1.54) is 0 Å². The molecule has 0 N–H and O–H groups in total. The summed E-state index contributed by atoms with van der Waals surface area (Å²) in [7, 11) is 0. The average molecular weight is 603 g/mol. The predicted octanol–water partition coefficient (Wildman–Crippen LogP) is 10.7. The molecule has 0 aliphatic heterocycles. The SMILES string of the molecule is c1ccc(-c2ccc(-c3nc(-c4ccc5ccccc5n4)nc(-c4cccc5oc6ccccc6c45)n3)c(-c3ccccc3)c2)cc1. The standard InChI is InChI=1S/C42H26N4O/c1-3-12-27(13-4-1)30-22-24-31(34(26-30)28-14-5-2-6-15-28)40-44-41(33-18-11-21-38-39(33)32-17-8-10-20-37(32)47-38)46-42(45-40)36-25-23-29-16-7-9-19-35(29)43-36/h1-26H. The second kappa shape index (κ2) is 11.2. The maximum Gasteiger partial charge on any atom is 0.182 e. The van der Waals surface area contributed by atoms with Crippen LogP contribution in [-0.2, 0) is 0 Å². The summed E-state index contributed by atoms with van der Waals surface area (Å²) in [6.45, 7) is 0. The molecule has 6 aromatic carbocycles. The van der Waals surface area contributed by atoms with Crippen molar-refractivity contribution in [3.8, 4) is 56.5 Å². The Morgan fingerprint density at radius 2 is 1.06 bits per heavy atom. The number of para-hydroxylation sites is 2. The molecule has 0 saturated heterocycles. The van der Waals surface area contributed by atoms with Crippen molar-refractivity contribution < 1.29 is 4.42 Å². The molecular weight excluding hydrogens is 576 g/mol. The van der Waals surface area contributed by atoms with E-state index in [0.717, 1.165) is 66.2 Å². The summed E-state index contributed by atoms with van der Waals surface area (Å²) < 4.78 is 6.24. The van der Waals surface area contributed by atoms with Crippen LogP contribution in [0.25, 0.3) is 89.4 Å². The van der Waals surface area contributed by atoms with Gasteiger partial charge in [-0.3, -0.25) is 0 Å². The summed E-state index contributed by atoms with van der Waals surface area (Å²) >= 11 is 0. The van der Waals surface area contributed by atoms with Crippen molar-refractivity contribution in [3.63, 3.8) is 0 Å². The van der Waals surface area contributed by atoms with Gasteiger partial charge in [0, 0.05) is 27.3 Å². The van der Waals surface area contributed by atoms with Crippen molar-refractivity contribution >= 4 is 32.8 Å². The van der Waals surface area contributed by atoms with Crippen LogP contribution in [0.1, 0.15) is 0 Å². The van der Waals surface area contributed by atoms with Crippen LogP contribution in [0.5, 0.6) is 0 Å². The topological polar surface area (TPSA) is 64.7 Å². The van der Waals surface area contributed by atoms with Gasteiger partial charge in [0.1, 0.15) is 16.9 Å². The zero-order chi connectivity index (χ0) is 31.2. The molecule has 5 nitrogen and oxygen atoms in total.